The smallest absolute Gasteiger partial charge is 0.133 e. The third-order valence-electron chi connectivity index (χ3n) is 2.43. The number of hydrogen-bond donors (Lipinski definition) is 1. The summed E-state index contributed by atoms with van der Waals surface area (Å²) in [4.78, 5) is 1.68. The Morgan fingerprint density at radius 3 is 2.20 bits per heavy atom. The molecule has 0 atom stereocenters. The summed E-state index contributed by atoms with van der Waals surface area (Å²) in [5.41, 5.74) is -0.150. The average Bonchev–Trinajstić information content (AvgIpc) is 2.07. The minimum Gasteiger partial charge on any atom is -0.390 e. The second kappa shape index (κ2) is 3.83. The van der Waals surface area contributed by atoms with Gasteiger partial charge in [0.15, 0.2) is 0 Å². The van der Waals surface area contributed by atoms with Gasteiger partial charge in [-0.15, -0.1) is 0 Å². The number of rotatable bonds is 2. The predicted molar refractivity (Wildman–Crippen MR) is 47.6 cm³/mol. The first-order valence-electron chi connectivity index (χ1n) is 4.60. The van der Waals surface area contributed by atoms with E-state index in [0.29, 0.717) is 25.2 Å². The lowest BCUT2D eigenvalue weighted by Gasteiger charge is -2.35. The molecule has 1 saturated heterocycles. The Morgan fingerprint density at radius 1 is 1.20 bits per heavy atom. The molecule has 0 unspecified atom stereocenters. The minimum atomic E-state index is -0.919. The number of β-amino-alcohol motifs (C(OH)–C–C–N with tert-alkyl or cyclic N) is 1. The molecule has 1 aliphatic rings. The molecule has 82 valence electrons. The Hall–Kier alpha value is -1.07. The van der Waals surface area contributed by atoms with Gasteiger partial charge in [-0.25, -0.2) is 13.2 Å². The van der Waals surface area contributed by atoms with Crippen molar-refractivity contribution in [2.24, 2.45) is 0 Å². The highest BCUT2D eigenvalue weighted by atomic mass is 19.1. The van der Waals surface area contributed by atoms with Gasteiger partial charge < -0.3 is 5.11 Å². The number of benzene rings is 1. The standard InChI is InChI=1S/C10H10F3NO/c11-6-1-9(12)8(10(13)2-6)5-14-3-7(15)4-14/h1-2,7,15H,3-5H2. The monoisotopic (exact) mass is 217 g/mol. The molecular weight excluding hydrogens is 207 g/mol. The SMILES string of the molecule is OC1CN(Cc2c(F)cc(F)cc2F)C1. The molecule has 0 amide bonds. The normalized spacial score (nSPS) is 17.9. The van der Waals surface area contributed by atoms with Crippen LogP contribution in [-0.4, -0.2) is 29.2 Å². The summed E-state index contributed by atoms with van der Waals surface area (Å²) in [5.74, 6) is -2.68. The highest BCUT2D eigenvalue weighted by molar-refractivity contribution is 5.21. The van der Waals surface area contributed by atoms with Crippen LogP contribution in [0.2, 0.25) is 0 Å². The van der Waals surface area contributed by atoms with Crippen molar-refractivity contribution >= 4 is 0 Å². The largest absolute Gasteiger partial charge is 0.390 e. The van der Waals surface area contributed by atoms with E-state index in [0.717, 1.165) is 0 Å². The van der Waals surface area contributed by atoms with E-state index in [9.17, 15) is 13.2 Å². The Morgan fingerprint density at radius 2 is 1.73 bits per heavy atom. The summed E-state index contributed by atoms with van der Waals surface area (Å²) in [6.45, 7) is 0.863. The summed E-state index contributed by atoms with van der Waals surface area (Å²) in [5, 5.41) is 8.99. The molecule has 1 aromatic carbocycles. The van der Waals surface area contributed by atoms with E-state index in [-0.39, 0.29) is 12.1 Å². The second-order valence-corrected chi connectivity index (χ2v) is 3.70. The van der Waals surface area contributed by atoms with E-state index in [2.05, 4.69) is 0 Å². The Kier molecular flexibility index (Phi) is 2.67. The topological polar surface area (TPSA) is 23.5 Å². The van der Waals surface area contributed by atoms with Crippen LogP contribution in [-0.2, 0) is 6.54 Å². The number of aliphatic hydroxyl groups excluding tert-OH is 1. The third kappa shape index (κ3) is 2.13. The van der Waals surface area contributed by atoms with E-state index < -0.39 is 23.6 Å². The van der Waals surface area contributed by atoms with E-state index in [4.69, 9.17) is 5.11 Å². The summed E-state index contributed by atoms with van der Waals surface area (Å²) >= 11 is 0. The maximum absolute atomic E-state index is 13.2. The third-order valence-corrected chi connectivity index (χ3v) is 2.43. The molecular formula is C10H10F3NO. The fourth-order valence-electron chi connectivity index (χ4n) is 1.62. The molecule has 15 heavy (non-hydrogen) atoms. The van der Waals surface area contributed by atoms with Crippen LogP contribution in [0, 0.1) is 17.5 Å². The molecule has 0 saturated carbocycles. The summed E-state index contributed by atoms with van der Waals surface area (Å²) in [6, 6.07) is 1.32. The highest BCUT2D eigenvalue weighted by Crippen LogP contribution is 2.19. The number of nitrogens with zero attached hydrogens (tertiary/aromatic N) is 1. The molecule has 2 nitrogen and oxygen atoms in total. The highest BCUT2D eigenvalue weighted by Gasteiger charge is 2.26. The Labute approximate surface area is 84.9 Å². The van der Waals surface area contributed by atoms with Gasteiger partial charge in [-0.3, -0.25) is 4.90 Å². The van der Waals surface area contributed by atoms with Gasteiger partial charge in [0.05, 0.1) is 6.10 Å². The van der Waals surface area contributed by atoms with Crippen LogP contribution in [0.4, 0.5) is 13.2 Å². The number of halogens is 3. The maximum Gasteiger partial charge on any atom is 0.133 e. The molecule has 5 heteroatoms. The minimum absolute atomic E-state index is 0.0645. The van der Waals surface area contributed by atoms with Crippen LogP contribution in [0.3, 0.4) is 0 Å². The maximum atomic E-state index is 13.2. The molecule has 0 spiro atoms. The van der Waals surface area contributed by atoms with Crippen LogP contribution < -0.4 is 0 Å². The molecule has 0 aromatic heterocycles. The van der Waals surface area contributed by atoms with Crippen molar-refractivity contribution in [2.45, 2.75) is 12.6 Å². The summed E-state index contributed by atoms with van der Waals surface area (Å²) in [7, 11) is 0. The average molecular weight is 217 g/mol. The van der Waals surface area contributed by atoms with Crippen molar-refractivity contribution in [1.29, 1.82) is 0 Å². The van der Waals surface area contributed by atoms with Gasteiger partial charge in [0.25, 0.3) is 0 Å². The lowest BCUT2D eigenvalue weighted by Crippen LogP contribution is -2.50. The fraction of sp³-hybridized carbons (Fsp3) is 0.400. The van der Waals surface area contributed by atoms with Gasteiger partial charge in [-0.1, -0.05) is 0 Å². The van der Waals surface area contributed by atoms with Crippen LogP contribution in [0.25, 0.3) is 0 Å². The lowest BCUT2D eigenvalue weighted by molar-refractivity contribution is -0.00405. The molecule has 0 radical (unpaired) electrons. The quantitative estimate of drug-likeness (QED) is 0.806. The second-order valence-electron chi connectivity index (χ2n) is 3.70. The van der Waals surface area contributed by atoms with Gasteiger partial charge >= 0.3 is 0 Å². The lowest BCUT2D eigenvalue weighted by atomic mass is 10.1. The zero-order chi connectivity index (χ0) is 11.0. The first-order chi connectivity index (χ1) is 7.06. The van der Waals surface area contributed by atoms with Gasteiger partial charge in [-0.2, -0.15) is 0 Å². The molecule has 1 fully saturated rings. The molecule has 1 N–H and O–H groups in total. The van der Waals surface area contributed by atoms with E-state index in [1.165, 1.54) is 0 Å². The van der Waals surface area contributed by atoms with Gasteiger partial charge in [0.1, 0.15) is 17.5 Å². The van der Waals surface area contributed by atoms with E-state index in [1.807, 2.05) is 0 Å². The number of hydrogen-bond acceptors (Lipinski definition) is 2. The summed E-state index contributed by atoms with van der Waals surface area (Å²) < 4.78 is 38.9. The number of aliphatic hydroxyl groups is 1. The van der Waals surface area contributed by atoms with Crippen LogP contribution in [0.15, 0.2) is 12.1 Å². The van der Waals surface area contributed by atoms with Gasteiger partial charge in [0.2, 0.25) is 0 Å². The van der Waals surface area contributed by atoms with Crippen molar-refractivity contribution < 1.29 is 18.3 Å². The molecule has 2 rings (SSSR count). The Balaban J connectivity index is 2.14. The van der Waals surface area contributed by atoms with Gasteiger partial charge in [-0.05, 0) is 0 Å². The molecule has 0 bridgehead atoms. The number of likely N-dealkylation sites (tertiary alicyclic amines) is 1. The molecule has 1 aliphatic heterocycles. The van der Waals surface area contributed by atoms with Crippen molar-refractivity contribution in [1.82, 2.24) is 4.90 Å². The van der Waals surface area contributed by atoms with Crippen LogP contribution in [0.1, 0.15) is 5.56 Å². The van der Waals surface area contributed by atoms with Gasteiger partial charge in [0, 0.05) is 37.3 Å². The van der Waals surface area contributed by atoms with Crippen molar-refractivity contribution in [2.75, 3.05) is 13.1 Å². The Bertz CT molecular complexity index is 354. The fourth-order valence-corrected chi connectivity index (χ4v) is 1.62. The predicted octanol–water partition coefficient (Wildman–Crippen LogP) is 1.28. The molecule has 1 aromatic rings. The van der Waals surface area contributed by atoms with Crippen molar-refractivity contribution in [3.05, 3.63) is 35.1 Å². The van der Waals surface area contributed by atoms with Crippen LogP contribution in [0.5, 0.6) is 0 Å². The van der Waals surface area contributed by atoms with Crippen molar-refractivity contribution in [3.63, 3.8) is 0 Å². The van der Waals surface area contributed by atoms with Crippen molar-refractivity contribution in [3.8, 4) is 0 Å². The summed E-state index contributed by atoms with van der Waals surface area (Å²) in [6.07, 6.45) is -0.420. The first-order valence-corrected chi connectivity index (χ1v) is 4.60. The molecule has 1 heterocycles. The molecule has 0 aliphatic carbocycles. The zero-order valence-electron chi connectivity index (χ0n) is 7.88. The van der Waals surface area contributed by atoms with Crippen LogP contribution >= 0.6 is 0 Å². The zero-order valence-corrected chi connectivity index (χ0v) is 7.88. The van der Waals surface area contributed by atoms with E-state index >= 15 is 0 Å². The first kappa shape index (κ1) is 10.4. The van der Waals surface area contributed by atoms with E-state index in [1.54, 1.807) is 4.90 Å².